The van der Waals surface area contributed by atoms with Crippen LogP contribution in [0.3, 0.4) is 0 Å². The second-order valence-corrected chi connectivity index (χ2v) is 5.28. The number of Topliss-reactive ketones (excluding diaryl/α,β-unsaturated/α-hetero) is 1. The summed E-state index contributed by atoms with van der Waals surface area (Å²) in [6, 6.07) is 14.7. The van der Waals surface area contributed by atoms with E-state index < -0.39 is 0 Å². The summed E-state index contributed by atoms with van der Waals surface area (Å²) in [5.41, 5.74) is 3.58. The Morgan fingerprint density at radius 3 is 2.45 bits per heavy atom. The van der Waals surface area contributed by atoms with Crippen LogP contribution >= 0.6 is 0 Å². The molecule has 3 aromatic rings. The number of anilines is 1. The minimum absolute atomic E-state index is 0.0735. The quantitative estimate of drug-likeness (QED) is 0.748. The number of carbonyl (C=O) groups is 2. The van der Waals surface area contributed by atoms with Crippen molar-refractivity contribution in [2.75, 3.05) is 5.32 Å². The van der Waals surface area contributed by atoms with Crippen LogP contribution in [0, 0.1) is 6.92 Å². The molecule has 0 saturated heterocycles. The van der Waals surface area contributed by atoms with Gasteiger partial charge in [-0.2, -0.15) is 0 Å². The smallest absolute Gasteiger partial charge is 0.257 e. The average molecular weight is 292 g/mol. The van der Waals surface area contributed by atoms with E-state index in [1.165, 1.54) is 6.92 Å². The van der Waals surface area contributed by atoms with Gasteiger partial charge in [-0.25, -0.2) is 0 Å². The molecule has 0 atom stereocenters. The van der Waals surface area contributed by atoms with Gasteiger partial charge in [-0.15, -0.1) is 0 Å². The van der Waals surface area contributed by atoms with Crippen molar-refractivity contribution >= 4 is 22.9 Å². The van der Waals surface area contributed by atoms with Crippen LogP contribution in [0.5, 0.6) is 0 Å². The van der Waals surface area contributed by atoms with Crippen LogP contribution in [-0.4, -0.2) is 16.1 Å². The molecule has 4 heteroatoms. The molecule has 2 aromatic heterocycles. The van der Waals surface area contributed by atoms with E-state index in [2.05, 4.69) is 5.32 Å². The van der Waals surface area contributed by atoms with Gasteiger partial charge in [0.1, 0.15) is 0 Å². The summed E-state index contributed by atoms with van der Waals surface area (Å²) < 4.78 is 1.74. The summed E-state index contributed by atoms with van der Waals surface area (Å²) in [6.45, 7) is 3.49. The number of nitrogens with one attached hydrogen (secondary N) is 1. The van der Waals surface area contributed by atoms with Crippen molar-refractivity contribution in [1.82, 2.24) is 4.40 Å². The minimum atomic E-state index is -0.222. The molecule has 0 radical (unpaired) electrons. The highest BCUT2D eigenvalue weighted by Gasteiger charge is 2.17. The van der Waals surface area contributed by atoms with Crippen molar-refractivity contribution in [1.29, 1.82) is 0 Å². The second kappa shape index (κ2) is 5.48. The highest BCUT2D eigenvalue weighted by molar-refractivity contribution is 6.11. The Morgan fingerprint density at radius 2 is 1.77 bits per heavy atom. The van der Waals surface area contributed by atoms with Gasteiger partial charge in [0.05, 0.1) is 16.8 Å². The highest BCUT2D eigenvalue weighted by Crippen LogP contribution is 2.19. The molecule has 1 N–H and O–H groups in total. The van der Waals surface area contributed by atoms with Crippen molar-refractivity contribution in [3.8, 4) is 0 Å². The zero-order valence-electron chi connectivity index (χ0n) is 12.5. The number of hydrogen-bond acceptors (Lipinski definition) is 2. The fraction of sp³-hybridized carbons (Fsp3) is 0.111. The van der Waals surface area contributed by atoms with E-state index in [-0.39, 0.29) is 11.7 Å². The van der Waals surface area contributed by atoms with Crippen molar-refractivity contribution in [3.63, 3.8) is 0 Å². The fourth-order valence-electron chi connectivity index (χ4n) is 2.44. The molecular formula is C18H16N2O2. The third kappa shape index (κ3) is 2.51. The first kappa shape index (κ1) is 14.1. The molecule has 0 aliphatic heterocycles. The van der Waals surface area contributed by atoms with Crippen LogP contribution in [0.25, 0.3) is 5.52 Å². The maximum Gasteiger partial charge on any atom is 0.257 e. The molecule has 110 valence electrons. The number of benzene rings is 1. The molecule has 1 aromatic carbocycles. The molecule has 0 unspecified atom stereocenters. The van der Waals surface area contributed by atoms with E-state index in [1.54, 1.807) is 16.7 Å². The molecule has 1 amide bonds. The van der Waals surface area contributed by atoms with Crippen LogP contribution in [0.2, 0.25) is 0 Å². The Balaban J connectivity index is 2.00. The average Bonchev–Trinajstić information content (AvgIpc) is 2.89. The van der Waals surface area contributed by atoms with Gasteiger partial charge < -0.3 is 9.72 Å². The lowest BCUT2D eigenvalue weighted by atomic mass is 10.2. The molecular weight excluding hydrogens is 276 g/mol. The third-order valence-corrected chi connectivity index (χ3v) is 3.59. The Kier molecular flexibility index (Phi) is 3.51. The van der Waals surface area contributed by atoms with Gasteiger partial charge in [0.2, 0.25) is 0 Å². The van der Waals surface area contributed by atoms with Crippen LogP contribution in [0.1, 0.15) is 33.3 Å². The Bertz CT molecular complexity index is 860. The zero-order valence-corrected chi connectivity index (χ0v) is 12.5. The van der Waals surface area contributed by atoms with E-state index in [1.807, 2.05) is 49.4 Å². The molecule has 0 fully saturated rings. The van der Waals surface area contributed by atoms with E-state index >= 15 is 0 Å². The van der Waals surface area contributed by atoms with Crippen LogP contribution < -0.4 is 5.32 Å². The largest absolute Gasteiger partial charge is 0.322 e. The molecule has 0 aliphatic rings. The summed E-state index contributed by atoms with van der Waals surface area (Å²) in [5.74, 6) is -0.296. The van der Waals surface area contributed by atoms with Crippen LogP contribution in [0.4, 0.5) is 5.69 Å². The topological polar surface area (TPSA) is 50.6 Å². The summed E-state index contributed by atoms with van der Waals surface area (Å²) >= 11 is 0. The molecule has 0 aliphatic carbocycles. The van der Waals surface area contributed by atoms with Crippen LogP contribution in [-0.2, 0) is 0 Å². The standard InChI is InChI=1S/C18H16N2O2/c1-12-6-8-14(9-7-12)19-18(22)15-11-17(13(2)21)20-10-4-3-5-16(15)20/h3-11H,1-2H3,(H,19,22). The number of aromatic nitrogens is 1. The lowest BCUT2D eigenvalue weighted by Gasteiger charge is -2.05. The van der Waals surface area contributed by atoms with Gasteiger partial charge in [-0.1, -0.05) is 23.8 Å². The Hall–Kier alpha value is -2.88. The maximum absolute atomic E-state index is 12.5. The summed E-state index contributed by atoms with van der Waals surface area (Å²) in [4.78, 5) is 24.3. The minimum Gasteiger partial charge on any atom is -0.322 e. The molecule has 4 nitrogen and oxygen atoms in total. The first-order valence-corrected chi connectivity index (χ1v) is 7.05. The van der Waals surface area contributed by atoms with E-state index in [4.69, 9.17) is 0 Å². The zero-order chi connectivity index (χ0) is 15.7. The predicted octanol–water partition coefficient (Wildman–Crippen LogP) is 3.70. The first-order valence-electron chi connectivity index (χ1n) is 7.05. The lowest BCUT2D eigenvalue weighted by Crippen LogP contribution is -2.11. The molecule has 2 heterocycles. The van der Waals surface area contributed by atoms with Gasteiger partial charge in [-0.3, -0.25) is 9.59 Å². The number of aryl methyl sites for hydroxylation is 1. The van der Waals surface area contributed by atoms with E-state index in [9.17, 15) is 9.59 Å². The number of amides is 1. The van der Waals surface area contributed by atoms with Gasteiger partial charge in [0.25, 0.3) is 5.91 Å². The number of hydrogen-bond donors (Lipinski definition) is 1. The predicted molar refractivity (Wildman–Crippen MR) is 86.5 cm³/mol. The van der Waals surface area contributed by atoms with Crippen molar-refractivity contribution in [2.45, 2.75) is 13.8 Å². The normalized spacial score (nSPS) is 10.6. The Morgan fingerprint density at radius 1 is 1.05 bits per heavy atom. The van der Waals surface area contributed by atoms with Crippen molar-refractivity contribution in [3.05, 3.63) is 71.5 Å². The number of pyridine rings is 1. The Labute approximate surface area is 128 Å². The summed E-state index contributed by atoms with van der Waals surface area (Å²) in [6.07, 6.45) is 1.79. The molecule has 0 saturated carbocycles. The van der Waals surface area contributed by atoms with E-state index in [0.717, 1.165) is 16.8 Å². The lowest BCUT2D eigenvalue weighted by molar-refractivity contribution is 0.101. The third-order valence-electron chi connectivity index (χ3n) is 3.59. The molecule has 0 spiro atoms. The fourth-order valence-corrected chi connectivity index (χ4v) is 2.44. The van der Waals surface area contributed by atoms with Crippen LogP contribution in [0.15, 0.2) is 54.7 Å². The van der Waals surface area contributed by atoms with Crippen molar-refractivity contribution in [2.24, 2.45) is 0 Å². The van der Waals surface area contributed by atoms with Gasteiger partial charge >= 0.3 is 0 Å². The maximum atomic E-state index is 12.5. The number of rotatable bonds is 3. The van der Waals surface area contributed by atoms with Gasteiger partial charge in [0, 0.05) is 18.8 Å². The second-order valence-electron chi connectivity index (χ2n) is 5.28. The number of carbonyl (C=O) groups excluding carboxylic acids is 2. The first-order chi connectivity index (χ1) is 10.6. The number of fused-ring (bicyclic) bond motifs is 1. The highest BCUT2D eigenvalue weighted by atomic mass is 16.1. The van der Waals surface area contributed by atoms with Gasteiger partial charge in [-0.05, 0) is 37.3 Å². The summed E-state index contributed by atoms with van der Waals surface area (Å²) in [7, 11) is 0. The molecule has 3 rings (SSSR count). The SMILES string of the molecule is CC(=O)c1cc(C(=O)Nc2ccc(C)cc2)c2ccccn12. The monoisotopic (exact) mass is 292 g/mol. The molecule has 22 heavy (non-hydrogen) atoms. The molecule has 0 bridgehead atoms. The number of ketones is 1. The van der Waals surface area contributed by atoms with Crippen molar-refractivity contribution < 1.29 is 9.59 Å². The summed E-state index contributed by atoms with van der Waals surface area (Å²) in [5, 5.41) is 2.87. The number of nitrogens with zero attached hydrogens (tertiary/aromatic N) is 1. The van der Waals surface area contributed by atoms with E-state index in [0.29, 0.717) is 11.3 Å². The van der Waals surface area contributed by atoms with Gasteiger partial charge in [0.15, 0.2) is 5.78 Å².